The van der Waals surface area contributed by atoms with Crippen molar-refractivity contribution in [2.75, 3.05) is 19.7 Å². The summed E-state index contributed by atoms with van der Waals surface area (Å²) < 4.78 is 10.4. The number of nitrogens with zero attached hydrogens (tertiary/aromatic N) is 6. The molecule has 0 saturated carbocycles. The molecule has 5 heterocycles. The van der Waals surface area contributed by atoms with E-state index < -0.39 is 28.5 Å². The van der Waals surface area contributed by atoms with E-state index in [0.29, 0.717) is 45.2 Å². The van der Waals surface area contributed by atoms with Gasteiger partial charge >= 0.3 is 5.69 Å². The number of amides is 1. The SMILES string of the molecule is Cc1cc2nc(CCC(=O)N3CCC4(CC3)C[C@@](C)(O)[C@H](n3cnc5c3c(=O)n(C)c(=O)n5C)CO4)[nH]c2cc1C. The highest BCUT2D eigenvalue weighted by Gasteiger charge is 2.50. The zero-order valence-corrected chi connectivity index (χ0v) is 24.2. The normalized spacial score (nSPS) is 22.7. The van der Waals surface area contributed by atoms with Crippen molar-refractivity contribution in [3.05, 3.63) is 56.2 Å². The maximum absolute atomic E-state index is 13.1. The number of fused-ring (bicyclic) bond motifs is 2. The van der Waals surface area contributed by atoms with Crippen molar-refractivity contribution >= 4 is 28.1 Å². The smallest absolute Gasteiger partial charge is 0.332 e. The standard InChI is InChI=1S/C29H37N7O5/c1-17-12-19-20(13-18(17)2)32-22(31-19)6-7-23(37)35-10-8-29(9-11-35)15-28(3,40)21(14-41-29)36-16-30-25-24(36)26(38)34(5)27(39)33(25)4/h12-13,16,21,40H,6-11,14-15H2,1-5H3,(H,31,32)/t21-,28-/m1/s1. The number of carbonyl (C=O) groups is 1. The minimum absolute atomic E-state index is 0.0828. The Morgan fingerprint density at radius 2 is 1.85 bits per heavy atom. The number of imidazole rings is 2. The van der Waals surface area contributed by atoms with Gasteiger partial charge in [0.2, 0.25) is 5.91 Å². The first-order valence-corrected chi connectivity index (χ1v) is 14.1. The van der Waals surface area contributed by atoms with E-state index in [9.17, 15) is 19.5 Å². The Hall–Kier alpha value is -3.77. The molecule has 2 saturated heterocycles. The van der Waals surface area contributed by atoms with Crippen LogP contribution in [0.2, 0.25) is 0 Å². The average Bonchev–Trinajstić information content (AvgIpc) is 3.53. The molecular formula is C29H37N7O5. The summed E-state index contributed by atoms with van der Waals surface area (Å²) in [6.07, 6.45) is 4.01. The van der Waals surface area contributed by atoms with E-state index in [1.54, 1.807) is 18.5 Å². The van der Waals surface area contributed by atoms with E-state index >= 15 is 0 Å². The van der Waals surface area contributed by atoms with Gasteiger partial charge in [0.15, 0.2) is 11.2 Å². The minimum Gasteiger partial charge on any atom is -0.388 e. The molecule has 0 aliphatic carbocycles. The highest BCUT2D eigenvalue weighted by Crippen LogP contribution is 2.44. The molecule has 2 atom stereocenters. The molecule has 1 spiro atoms. The number of aromatic amines is 1. The zero-order chi connectivity index (χ0) is 29.3. The summed E-state index contributed by atoms with van der Waals surface area (Å²) in [5, 5.41) is 11.6. The van der Waals surface area contributed by atoms with Gasteiger partial charge in [0.05, 0.1) is 41.2 Å². The Kier molecular flexibility index (Phi) is 6.46. The molecule has 2 fully saturated rings. The number of benzene rings is 1. The van der Waals surface area contributed by atoms with Crippen LogP contribution in [0, 0.1) is 13.8 Å². The topological polar surface area (TPSA) is 140 Å². The second kappa shape index (κ2) is 9.66. The number of H-pyrrole nitrogens is 1. The largest absolute Gasteiger partial charge is 0.388 e. The first-order valence-electron chi connectivity index (χ1n) is 14.1. The number of aryl methyl sites for hydroxylation is 4. The summed E-state index contributed by atoms with van der Waals surface area (Å²) in [5.74, 6) is 0.894. The van der Waals surface area contributed by atoms with E-state index in [-0.39, 0.29) is 23.7 Å². The lowest BCUT2D eigenvalue weighted by molar-refractivity contribution is -0.196. The van der Waals surface area contributed by atoms with Crippen LogP contribution in [-0.2, 0) is 30.0 Å². The molecule has 41 heavy (non-hydrogen) atoms. The van der Waals surface area contributed by atoms with Crippen LogP contribution in [-0.4, -0.2) is 75.5 Å². The molecule has 2 aliphatic heterocycles. The quantitative estimate of drug-likeness (QED) is 0.385. The predicted molar refractivity (Wildman–Crippen MR) is 153 cm³/mol. The number of rotatable bonds is 4. The summed E-state index contributed by atoms with van der Waals surface area (Å²) in [6, 6.07) is 3.60. The number of piperidine rings is 1. The molecule has 0 bridgehead atoms. The van der Waals surface area contributed by atoms with E-state index in [0.717, 1.165) is 21.4 Å². The molecule has 4 aromatic rings. The van der Waals surface area contributed by atoms with Crippen molar-refractivity contribution in [2.24, 2.45) is 14.1 Å². The molecule has 1 aromatic carbocycles. The molecule has 2 N–H and O–H groups in total. The molecule has 218 valence electrons. The number of likely N-dealkylation sites (tertiary alicyclic amines) is 1. The Balaban J connectivity index is 1.11. The van der Waals surface area contributed by atoms with Gasteiger partial charge in [-0.2, -0.15) is 0 Å². The fourth-order valence-electron chi connectivity index (χ4n) is 6.55. The third-order valence-corrected chi connectivity index (χ3v) is 9.20. The highest BCUT2D eigenvalue weighted by molar-refractivity contribution is 5.78. The molecule has 2 aliphatic rings. The van der Waals surface area contributed by atoms with E-state index in [1.807, 2.05) is 4.90 Å². The van der Waals surface area contributed by atoms with Gasteiger partial charge in [0, 0.05) is 46.4 Å². The highest BCUT2D eigenvalue weighted by atomic mass is 16.5. The van der Waals surface area contributed by atoms with E-state index in [4.69, 9.17) is 4.74 Å². The maximum atomic E-state index is 13.1. The molecule has 6 rings (SSSR count). The zero-order valence-electron chi connectivity index (χ0n) is 24.2. The number of nitrogens with one attached hydrogen (secondary N) is 1. The van der Waals surface area contributed by atoms with Crippen molar-refractivity contribution in [3.8, 4) is 0 Å². The number of aliphatic hydroxyl groups is 1. The predicted octanol–water partition coefficient (Wildman–Crippen LogP) is 1.63. The summed E-state index contributed by atoms with van der Waals surface area (Å²) in [7, 11) is 3.00. The van der Waals surface area contributed by atoms with Crippen LogP contribution in [0.15, 0.2) is 28.0 Å². The number of aromatic nitrogens is 6. The van der Waals surface area contributed by atoms with Gasteiger partial charge in [0.25, 0.3) is 5.56 Å². The van der Waals surface area contributed by atoms with Crippen molar-refractivity contribution in [1.29, 1.82) is 0 Å². The van der Waals surface area contributed by atoms with Crippen molar-refractivity contribution < 1.29 is 14.6 Å². The second-order valence-electron chi connectivity index (χ2n) is 12.1. The number of hydrogen-bond donors (Lipinski definition) is 2. The lowest BCUT2D eigenvalue weighted by atomic mass is 9.75. The molecule has 12 heteroatoms. The second-order valence-corrected chi connectivity index (χ2v) is 12.1. The lowest BCUT2D eigenvalue weighted by Crippen LogP contribution is -2.58. The van der Waals surface area contributed by atoms with Crippen LogP contribution in [0.4, 0.5) is 0 Å². The average molecular weight is 564 g/mol. The van der Waals surface area contributed by atoms with Crippen LogP contribution in [0.1, 0.15) is 55.6 Å². The van der Waals surface area contributed by atoms with Gasteiger partial charge in [-0.15, -0.1) is 0 Å². The Morgan fingerprint density at radius 3 is 2.56 bits per heavy atom. The third-order valence-electron chi connectivity index (χ3n) is 9.20. The Morgan fingerprint density at radius 1 is 1.15 bits per heavy atom. The van der Waals surface area contributed by atoms with Gasteiger partial charge in [-0.3, -0.25) is 18.7 Å². The van der Waals surface area contributed by atoms with E-state index in [2.05, 4.69) is 40.9 Å². The summed E-state index contributed by atoms with van der Waals surface area (Å²) in [4.78, 5) is 52.6. The third kappa shape index (κ3) is 4.58. The molecule has 0 radical (unpaired) electrons. The van der Waals surface area contributed by atoms with Crippen molar-refractivity contribution in [1.82, 2.24) is 33.6 Å². The van der Waals surface area contributed by atoms with Crippen molar-refractivity contribution in [2.45, 2.75) is 70.1 Å². The monoisotopic (exact) mass is 563 g/mol. The van der Waals surface area contributed by atoms with Gasteiger partial charge in [-0.1, -0.05) is 0 Å². The fourth-order valence-corrected chi connectivity index (χ4v) is 6.55. The van der Waals surface area contributed by atoms with Crippen LogP contribution >= 0.6 is 0 Å². The summed E-state index contributed by atoms with van der Waals surface area (Å²) in [6.45, 7) is 7.18. The van der Waals surface area contributed by atoms with Gasteiger partial charge in [0.1, 0.15) is 5.82 Å². The van der Waals surface area contributed by atoms with Gasteiger partial charge in [-0.05, 0) is 56.9 Å². The van der Waals surface area contributed by atoms with Gasteiger partial charge in [-0.25, -0.2) is 14.8 Å². The Labute approximate surface area is 236 Å². The van der Waals surface area contributed by atoms with Gasteiger partial charge < -0.3 is 24.3 Å². The summed E-state index contributed by atoms with van der Waals surface area (Å²) in [5.41, 5.74) is 2.17. The van der Waals surface area contributed by atoms with Crippen LogP contribution in [0.5, 0.6) is 0 Å². The molecule has 3 aromatic heterocycles. The molecule has 0 unspecified atom stereocenters. The van der Waals surface area contributed by atoms with Crippen LogP contribution in [0.3, 0.4) is 0 Å². The summed E-state index contributed by atoms with van der Waals surface area (Å²) >= 11 is 0. The molecule has 12 nitrogen and oxygen atoms in total. The number of ether oxygens (including phenoxy) is 1. The lowest BCUT2D eigenvalue weighted by Gasteiger charge is -2.51. The van der Waals surface area contributed by atoms with E-state index in [1.165, 1.54) is 29.1 Å². The maximum Gasteiger partial charge on any atom is 0.332 e. The van der Waals surface area contributed by atoms with Crippen LogP contribution in [0.25, 0.3) is 22.2 Å². The fraction of sp³-hybridized carbons (Fsp3) is 0.552. The van der Waals surface area contributed by atoms with Crippen LogP contribution < -0.4 is 11.2 Å². The Bertz CT molecular complexity index is 1750. The first kappa shape index (κ1) is 27.4. The first-order chi connectivity index (χ1) is 19.4. The molecular weight excluding hydrogens is 526 g/mol. The number of hydrogen-bond acceptors (Lipinski definition) is 7. The number of carbonyl (C=O) groups excluding carboxylic acids is 1. The van der Waals surface area contributed by atoms with Crippen molar-refractivity contribution in [3.63, 3.8) is 0 Å². The minimum atomic E-state index is -1.20. The molecule has 1 amide bonds.